The summed E-state index contributed by atoms with van der Waals surface area (Å²) in [6, 6.07) is 2.29. The van der Waals surface area contributed by atoms with Crippen molar-refractivity contribution >= 4 is 0 Å². The Balaban J connectivity index is 2.68. The standard InChI is InChI=1S/C10H17NO/c1-3-9-4-5-10(6-9,7-11)8(2)12/h8-9,12H,3-6H2,1-2H3. The number of aliphatic hydroxyl groups is 1. The lowest BCUT2D eigenvalue weighted by atomic mass is 9.82. The van der Waals surface area contributed by atoms with Gasteiger partial charge in [-0.1, -0.05) is 13.3 Å². The number of rotatable bonds is 2. The Morgan fingerprint density at radius 1 is 1.75 bits per heavy atom. The zero-order valence-corrected chi connectivity index (χ0v) is 7.88. The second-order valence-electron chi connectivity index (χ2n) is 3.96. The number of nitriles is 1. The monoisotopic (exact) mass is 167 g/mol. The molecule has 0 aromatic carbocycles. The molecule has 0 radical (unpaired) electrons. The number of hydrogen-bond acceptors (Lipinski definition) is 2. The second-order valence-corrected chi connectivity index (χ2v) is 3.96. The van der Waals surface area contributed by atoms with Gasteiger partial charge in [-0.25, -0.2) is 0 Å². The van der Waals surface area contributed by atoms with Crippen LogP contribution in [0.15, 0.2) is 0 Å². The fraction of sp³-hybridized carbons (Fsp3) is 0.900. The van der Waals surface area contributed by atoms with Crippen LogP contribution in [-0.2, 0) is 0 Å². The zero-order valence-electron chi connectivity index (χ0n) is 7.88. The lowest BCUT2D eigenvalue weighted by Gasteiger charge is -2.23. The molecule has 3 unspecified atom stereocenters. The van der Waals surface area contributed by atoms with E-state index in [0.717, 1.165) is 25.7 Å². The summed E-state index contributed by atoms with van der Waals surface area (Å²) in [5, 5.41) is 18.5. The third kappa shape index (κ3) is 1.47. The molecular formula is C10H17NO. The molecule has 3 atom stereocenters. The van der Waals surface area contributed by atoms with Crippen molar-refractivity contribution in [2.45, 2.75) is 45.6 Å². The maximum atomic E-state index is 9.49. The summed E-state index contributed by atoms with van der Waals surface area (Å²) in [5.74, 6) is 0.652. The summed E-state index contributed by atoms with van der Waals surface area (Å²) in [4.78, 5) is 0. The van der Waals surface area contributed by atoms with E-state index in [1.165, 1.54) is 0 Å². The van der Waals surface area contributed by atoms with E-state index in [1.54, 1.807) is 6.92 Å². The smallest absolute Gasteiger partial charge is 0.0832 e. The van der Waals surface area contributed by atoms with Crippen LogP contribution in [0, 0.1) is 22.7 Å². The van der Waals surface area contributed by atoms with Gasteiger partial charge in [-0.15, -0.1) is 0 Å². The van der Waals surface area contributed by atoms with Crippen LogP contribution in [0.1, 0.15) is 39.5 Å². The minimum Gasteiger partial charge on any atom is -0.392 e. The molecule has 1 saturated carbocycles. The highest BCUT2D eigenvalue weighted by atomic mass is 16.3. The van der Waals surface area contributed by atoms with E-state index in [2.05, 4.69) is 13.0 Å². The van der Waals surface area contributed by atoms with Crippen molar-refractivity contribution < 1.29 is 5.11 Å². The van der Waals surface area contributed by atoms with E-state index in [4.69, 9.17) is 5.26 Å². The molecule has 12 heavy (non-hydrogen) atoms. The van der Waals surface area contributed by atoms with Crippen LogP contribution in [0.25, 0.3) is 0 Å². The molecular weight excluding hydrogens is 150 g/mol. The van der Waals surface area contributed by atoms with Gasteiger partial charge in [0.05, 0.1) is 17.6 Å². The highest BCUT2D eigenvalue weighted by Gasteiger charge is 2.42. The molecule has 2 nitrogen and oxygen atoms in total. The van der Waals surface area contributed by atoms with Gasteiger partial charge in [0.25, 0.3) is 0 Å². The highest BCUT2D eigenvalue weighted by molar-refractivity contribution is 5.06. The molecule has 1 rings (SSSR count). The largest absolute Gasteiger partial charge is 0.392 e. The van der Waals surface area contributed by atoms with Gasteiger partial charge in [-0.05, 0) is 32.1 Å². The van der Waals surface area contributed by atoms with Gasteiger partial charge in [-0.2, -0.15) is 5.26 Å². The predicted octanol–water partition coefficient (Wildman–Crippen LogP) is 2.09. The van der Waals surface area contributed by atoms with Gasteiger partial charge in [0.1, 0.15) is 0 Å². The van der Waals surface area contributed by atoms with Crippen molar-refractivity contribution in [2.75, 3.05) is 0 Å². The Bertz CT molecular complexity index is 195. The minimum atomic E-state index is -0.473. The Morgan fingerprint density at radius 2 is 2.42 bits per heavy atom. The molecule has 0 bridgehead atoms. The van der Waals surface area contributed by atoms with Gasteiger partial charge >= 0.3 is 0 Å². The van der Waals surface area contributed by atoms with Crippen LogP contribution in [0.3, 0.4) is 0 Å². The third-order valence-electron chi connectivity index (χ3n) is 3.25. The van der Waals surface area contributed by atoms with Crippen molar-refractivity contribution in [3.05, 3.63) is 0 Å². The highest BCUT2D eigenvalue weighted by Crippen LogP contribution is 2.44. The maximum Gasteiger partial charge on any atom is 0.0832 e. The SMILES string of the molecule is CCC1CCC(C#N)(C(C)O)C1. The Labute approximate surface area is 74.2 Å². The molecule has 0 aliphatic heterocycles. The van der Waals surface area contributed by atoms with Crippen LogP contribution < -0.4 is 0 Å². The van der Waals surface area contributed by atoms with Gasteiger partial charge in [0.2, 0.25) is 0 Å². The summed E-state index contributed by atoms with van der Waals surface area (Å²) in [6.07, 6.45) is 3.53. The lowest BCUT2D eigenvalue weighted by Crippen LogP contribution is -2.28. The van der Waals surface area contributed by atoms with Gasteiger partial charge in [0.15, 0.2) is 0 Å². The Hall–Kier alpha value is -0.550. The minimum absolute atomic E-state index is 0.430. The lowest BCUT2D eigenvalue weighted by molar-refractivity contribution is 0.0812. The average molecular weight is 167 g/mol. The van der Waals surface area contributed by atoms with Crippen molar-refractivity contribution in [1.82, 2.24) is 0 Å². The summed E-state index contributed by atoms with van der Waals surface area (Å²) >= 11 is 0. The predicted molar refractivity (Wildman–Crippen MR) is 47.4 cm³/mol. The molecule has 1 aliphatic rings. The molecule has 0 heterocycles. The Kier molecular flexibility index (Phi) is 2.74. The van der Waals surface area contributed by atoms with Crippen LogP contribution in [-0.4, -0.2) is 11.2 Å². The van der Waals surface area contributed by atoms with E-state index in [-0.39, 0.29) is 0 Å². The van der Waals surface area contributed by atoms with E-state index >= 15 is 0 Å². The van der Waals surface area contributed by atoms with Gasteiger partial charge < -0.3 is 5.11 Å². The number of nitrogens with zero attached hydrogens (tertiary/aromatic N) is 1. The molecule has 1 N–H and O–H groups in total. The molecule has 0 aromatic rings. The van der Waals surface area contributed by atoms with Crippen LogP contribution >= 0.6 is 0 Å². The second kappa shape index (κ2) is 3.45. The van der Waals surface area contributed by atoms with Crippen LogP contribution in [0.4, 0.5) is 0 Å². The number of aliphatic hydroxyl groups excluding tert-OH is 1. The van der Waals surface area contributed by atoms with E-state index in [1.807, 2.05) is 0 Å². The molecule has 1 aliphatic carbocycles. The maximum absolute atomic E-state index is 9.49. The molecule has 0 aromatic heterocycles. The molecule has 0 saturated heterocycles. The quantitative estimate of drug-likeness (QED) is 0.684. The van der Waals surface area contributed by atoms with Crippen molar-refractivity contribution in [3.8, 4) is 6.07 Å². The van der Waals surface area contributed by atoms with Crippen LogP contribution in [0.5, 0.6) is 0 Å². The summed E-state index contributed by atoms with van der Waals surface area (Å²) in [5.41, 5.74) is -0.430. The molecule has 0 spiro atoms. The fourth-order valence-corrected chi connectivity index (χ4v) is 2.10. The first kappa shape index (κ1) is 9.54. The van der Waals surface area contributed by atoms with Gasteiger partial charge in [0, 0.05) is 0 Å². The first-order valence-electron chi connectivity index (χ1n) is 4.74. The van der Waals surface area contributed by atoms with E-state index < -0.39 is 11.5 Å². The molecule has 2 heteroatoms. The normalized spacial score (nSPS) is 37.7. The molecule has 0 amide bonds. The third-order valence-corrected chi connectivity index (χ3v) is 3.25. The number of hydrogen-bond donors (Lipinski definition) is 1. The van der Waals surface area contributed by atoms with Crippen molar-refractivity contribution in [3.63, 3.8) is 0 Å². The Morgan fingerprint density at radius 3 is 2.67 bits per heavy atom. The van der Waals surface area contributed by atoms with E-state index in [9.17, 15) is 5.11 Å². The summed E-state index contributed by atoms with van der Waals surface area (Å²) < 4.78 is 0. The molecule has 68 valence electrons. The summed E-state index contributed by atoms with van der Waals surface area (Å²) in [7, 11) is 0. The van der Waals surface area contributed by atoms with Crippen LogP contribution in [0.2, 0.25) is 0 Å². The first-order valence-corrected chi connectivity index (χ1v) is 4.74. The van der Waals surface area contributed by atoms with Crippen molar-refractivity contribution in [2.24, 2.45) is 11.3 Å². The zero-order chi connectivity index (χ0) is 9.19. The molecule has 1 fully saturated rings. The average Bonchev–Trinajstić information content (AvgIpc) is 2.48. The first-order chi connectivity index (χ1) is 5.64. The van der Waals surface area contributed by atoms with Crippen molar-refractivity contribution in [1.29, 1.82) is 5.26 Å². The van der Waals surface area contributed by atoms with E-state index in [0.29, 0.717) is 5.92 Å². The van der Waals surface area contributed by atoms with Gasteiger partial charge in [-0.3, -0.25) is 0 Å². The topological polar surface area (TPSA) is 44.0 Å². The fourth-order valence-electron chi connectivity index (χ4n) is 2.10. The summed E-state index contributed by atoms with van der Waals surface area (Å²) in [6.45, 7) is 3.89.